The topological polar surface area (TPSA) is 63.6 Å². The molecule has 0 saturated carbocycles. The summed E-state index contributed by atoms with van der Waals surface area (Å²) in [5.74, 6) is 2.82. The van der Waals surface area contributed by atoms with Crippen LogP contribution in [0, 0.1) is 0 Å². The van der Waals surface area contributed by atoms with Crippen molar-refractivity contribution in [3.8, 4) is 0 Å². The molecule has 120 valence electrons. The Balaban J connectivity index is 1.95. The summed E-state index contributed by atoms with van der Waals surface area (Å²) in [5, 5.41) is 3.41. The van der Waals surface area contributed by atoms with Gasteiger partial charge in [-0.1, -0.05) is 11.3 Å². The highest BCUT2D eigenvalue weighted by atomic mass is 32.2. The molecule has 0 radical (unpaired) electrons. The van der Waals surface area contributed by atoms with Gasteiger partial charge in [-0.15, -0.1) is 23.5 Å². The Morgan fingerprint density at radius 2 is 2.09 bits per heavy atom. The maximum absolute atomic E-state index is 11.3. The van der Waals surface area contributed by atoms with Gasteiger partial charge < -0.3 is 10.1 Å². The SMILES string of the molecule is CC(=O)Nc1nc(C2=NC(C)(C)CO2)c(C2SCCCS2)s1. The number of nitrogens with one attached hydrogen (secondary N) is 1. The number of hydrogen-bond acceptors (Lipinski definition) is 7. The molecule has 3 rings (SSSR count). The third-order valence-corrected chi connectivity index (χ3v) is 7.42. The molecule has 1 N–H and O–H groups in total. The van der Waals surface area contributed by atoms with Crippen LogP contribution in [0.15, 0.2) is 4.99 Å². The summed E-state index contributed by atoms with van der Waals surface area (Å²) in [6, 6.07) is 0. The number of aromatic nitrogens is 1. The lowest BCUT2D eigenvalue weighted by molar-refractivity contribution is -0.114. The van der Waals surface area contributed by atoms with Crippen molar-refractivity contribution in [3.05, 3.63) is 10.6 Å². The molecule has 0 unspecified atom stereocenters. The van der Waals surface area contributed by atoms with Crippen molar-refractivity contribution < 1.29 is 9.53 Å². The van der Waals surface area contributed by atoms with E-state index in [4.69, 9.17) is 4.74 Å². The first-order chi connectivity index (χ1) is 10.4. The highest BCUT2D eigenvalue weighted by Crippen LogP contribution is 2.48. The predicted molar refractivity (Wildman–Crippen MR) is 95.3 cm³/mol. The second-order valence-electron chi connectivity index (χ2n) is 5.86. The van der Waals surface area contributed by atoms with Crippen LogP contribution >= 0.6 is 34.9 Å². The molecule has 1 saturated heterocycles. The summed E-state index contributed by atoms with van der Waals surface area (Å²) in [4.78, 5) is 21.7. The Morgan fingerprint density at radius 1 is 1.36 bits per heavy atom. The van der Waals surface area contributed by atoms with Crippen LogP contribution in [-0.2, 0) is 9.53 Å². The molecule has 0 bridgehead atoms. The summed E-state index contributed by atoms with van der Waals surface area (Å²) in [7, 11) is 0. The van der Waals surface area contributed by atoms with E-state index < -0.39 is 0 Å². The van der Waals surface area contributed by atoms with Crippen molar-refractivity contribution in [1.82, 2.24) is 4.98 Å². The van der Waals surface area contributed by atoms with Crippen molar-refractivity contribution in [3.63, 3.8) is 0 Å². The molecule has 0 aliphatic carbocycles. The Kier molecular flexibility index (Phi) is 4.70. The van der Waals surface area contributed by atoms with E-state index in [2.05, 4.69) is 15.3 Å². The average Bonchev–Trinajstić information content (AvgIpc) is 3.02. The van der Waals surface area contributed by atoms with E-state index in [1.807, 2.05) is 37.4 Å². The van der Waals surface area contributed by atoms with E-state index >= 15 is 0 Å². The third-order valence-electron chi connectivity index (χ3n) is 3.15. The Labute approximate surface area is 142 Å². The molecule has 0 atom stereocenters. The van der Waals surface area contributed by atoms with Gasteiger partial charge in [0.2, 0.25) is 11.8 Å². The van der Waals surface area contributed by atoms with Gasteiger partial charge in [0.15, 0.2) is 5.13 Å². The first-order valence-electron chi connectivity index (χ1n) is 7.19. The number of hydrogen-bond donors (Lipinski definition) is 1. The zero-order valence-electron chi connectivity index (χ0n) is 12.8. The molecule has 0 spiro atoms. The van der Waals surface area contributed by atoms with Crippen LogP contribution in [0.25, 0.3) is 0 Å². The Morgan fingerprint density at radius 3 is 2.68 bits per heavy atom. The number of carbonyl (C=O) groups excluding carboxylic acids is 1. The van der Waals surface area contributed by atoms with Crippen molar-refractivity contribution in [2.75, 3.05) is 23.4 Å². The zero-order chi connectivity index (χ0) is 15.7. The lowest BCUT2D eigenvalue weighted by Gasteiger charge is -2.20. The first-order valence-corrected chi connectivity index (χ1v) is 10.1. The number of thiazole rings is 1. The van der Waals surface area contributed by atoms with Crippen LogP contribution < -0.4 is 5.32 Å². The van der Waals surface area contributed by atoms with E-state index in [1.165, 1.54) is 24.7 Å². The molecule has 5 nitrogen and oxygen atoms in total. The van der Waals surface area contributed by atoms with Gasteiger partial charge in [0.1, 0.15) is 12.3 Å². The minimum absolute atomic E-state index is 0.106. The highest BCUT2D eigenvalue weighted by Gasteiger charge is 2.33. The van der Waals surface area contributed by atoms with Gasteiger partial charge in [-0.05, 0) is 31.8 Å². The fourth-order valence-electron chi connectivity index (χ4n) is 2.19. The fourth-order valence-corrected chi connectivity index (χ4v) is 6.48. The van der Waals surface area contributed by atoms with Crippen LogP contribution in [0.1, 0.15) is 42.3 Å². The minimum Gasteiger partial charge on any atom is -0.474 e. The van der Waals surface area contributed by atoms with Crippen molar-refractivity contribution in [1.29, 1.82) is 0 Å². The number of amides is 1. The Bertz CT molecular complexity index is 606. The number of thioether (sulfide) groups is 2. The van der Waals surface area contributed by atoms with Gasteiger partial charge in [0.25, 0.3) is 0 Å². The molecule has 1 aromatic heterocycles. The molecule has 1 fully saturated rings. The van der Waals surface area contributed by atoms with Crippen molar-refractivity contribution in [2.45, 2.75) is 37.3 Å². The number of rotatable bonds is 3. The molecule has 3 heterocycles. The summed E-state index contributed by atoms with van der Waals surface area (Å²) in [5.41, 5.74) is 0.586. The maximum atomic E-state index is 11.3. The lowest BCUT2D eigenvalue weighted by atomic mass is 10.1. The second kappa shape index (κ2) is 6.41. The van der Waals surface area contributed by atoms with Crippen LogP contribution in [-0.4, -0.2) is 40.4 Å². The molecule has 1 amide bonds. The number of anilines is 1. The molecular formula is C14H19N3O2S3. The summed E-state index contributed by atoms with van der Waals surface area (Å²) in [6.45, 7) is 6.16. The van der Waals surface area contributed by atoms with Crippen molar-refractivity contribution in [2.24, 2.45) is 4.99 Å². The molecular weight excluding hydrogens is 338 g/mol. The van der Waals surface area contributed by atoms with Gasteiger partial charge in [-0.2, -0.15) is 0 Å². The van der Waals surface area contributed by atoms with Gasteiger partial charge >= 0.3 is 0 Å². The number of nitrogens with zero attached hydrogens (tertiary/aromatic N) is 2. The van der Waals surface area contributed by atoms with Crippen LogP contribution in [0.2, 0.25) is 0 Å². The fraction of sp³-hybridized carbons (Fsp3) is 0.643. The number of carbonyl (C=O) groups is 1. The van der Waals surface area contributed by atoms with Gasteiger partial charge in [-0.3, -0.25) is 4.79 Å². The van der Waals surface area contributed by atoms with E-state index in [-0.39, 0.29) is 11.4 Å². The molecule has 0 aromatic carbocycles. The second-order valence-corrected chi connectivity index (χ2v) is 9.61. The maximum Gasteiger partial charge on any atom is 0.237 e. The molecule has 22 heavy (non-hydrogen) atoms. The number of aliphatic imine (C=N–C) groups is 1. The zero-order valence-corrected chi connectivity index (χ0v) is 15.3. The predicted octanol–water partition coefficient (Wildman–Crippen LogP) is 3.53. The van der Waals surface area contributed by atoms with Gasteiger partial charge in [0.05, 0.1) is 15.0 Å². The summed E-state index contributed by atoms with van der Waals surface area (Å²) in [6.07, 6.45) is 1.24. The quantitative estimate of drug-likeness (QED) is 0.896. The standard InChI is InChI=1S/C14H19N3O2S3/c1-8(18)15-13-16-9(11-17-14(2,3)7-19-11)10(22-13)12-20-5-4-6-21-12/h12H,4-7H2,1-3H3,(H,15,16,18). The third kappa shape index (κ3) is 3.60. The van der Waals surface area contributed by atoms with Crippen LogP contribution in [0.4, 0.5) is 5.13 Å². The monoisotopic (exact) mass is 357 g/mol. The van der Waals surface area contributed by atoms with Crippen molar-refractivity contribution >= 4 is 51.8 Å². The van der Waals surface area contributed by atoms with Crippen LogP contribution in [0.3, 0.4) is 0 Å². The molecule has 1 aromatic rings. The number of ether oxygens (including phenoxy) is 1. The van der Waals surface area contributed by atoms with Crippen LogP contribution in [0.5, 0.6) is 0 Å². The van der Waals surface area contributed by atoms with E-state index in [0.717, 1.165) is 22.1 Å². The van der Waals surface area contributed by atoms with Gasteiger partial charge in [-0.25, -0.2) is 9.98 Å². The molecule has 8 heteroatoms. The first kappa shape index (κ1) is 16.1. The smallest absolute Gasteiger partial charge is 0.237 e. The average molecular weight is 358 g/mol. The van der Waals surface area contributed by atoms with Gasteiger partial charge in [0, 0.05) is 6.92 Å². The molecule has 2 aliphatic rings. The normalized spacial score (nSPS) is 21.3. The molecule has 2 aliphatic heterocycles. The Hall–Kier alpha value is -0.730. The lowest BCUT2D eigenvalue weighted by Crippen LogP contribution is -2.17. The summed E-state index contributed by atoms with van der Waals surface area (Å²) < 4.78 is 6.11. The van der Waals surface area contributed by atoms with E-state index in [0.29, 0.717) is 22.2 Å². The summed E-state index contributed by atoms with van der Waals surface area (Å²) >= 11 is 5.40. The van der Waals surface area contributed by atoms with E-state index in [9.17, 15) is 4.79 Å². The minimum atomic E-state index is -0.211. The largest absolute Gasteiger partial charge is 0.474 e. The van der Waals surface area contributed by atoms with E-state index in [1.54, 1.807) is 0 Å². The highest BCUT2D eigenvalue weighted by molar-refractivity contribution is 8.17.